The van der Waals surface area contributed by atoms with Crippen molar-refractivity contribution in [2.24, 2.45) is 0 Å². The van der Waals surface area contributed by atoms with Gasteiger partial charge >= 0.3 is 0 Å². The summed E-state index contributed by atoms with van der Waals surface area (Å²) < 4.78 is 0. The van der Waals surface area contributed by atoms with Crippen molar-refractivity contribution in [3.05, 3.63) is 0 Å². The third-order valence-corrected chi connectivity index (χ3v) is 1.21. The second-order valence-corrected chi connectivity index (χ2v) is 1.81. The van der Waals surface area contributed by atoms with E-state index in [1.54, 1.807) is 0 Å². The van der Waals surface area contributed by atoms with Crippen LogP contribution in [0.2, 0.25) is 0 Å². The fourth-order valence-electron chi connectivity index (χ4n) is 0.802. The summed E-state index contributed by atoms with van der Waals surface area (Å²) in [6.45, 7) is 2.50. The molecule has 7 heavy (non-hydrogen) atoms. The van der Waals surface area contributed by atoms with Gasteiger partial charge in [0, 0.05) is 16.5 Å². The predicted molar refractivity (Wildman–Crippen MR) is 26.7 cm³/mol. The second-order valence-electron chi connectivity index (χ2n) is 1.81. The van der Waals surface area contributed by atoms with Crippen molar-refractivity contribution < 1.29 is 16.5 Å². The predicted octanol–water partition coefficient (Wildman–Crippen LogP) is 0.757. The molecule has 46 valence electrons. The zero-order valence-corrected chi connectivity index (χ0v) is 5.34. The van der Waals surface area contributed by atoms with E-state index < -0.39 is 0 Å². The topological polar surface area (TPSA) is 12.0 Å². The fraction of sp³-hybridized carbons (Fsp3) is 1.00. The summed E-state index contributed by atoms with van der Waals surface area (Å²) in [5.74, 6) is 0. The maximum Gasteiger partial charge on any atom is 0 e. The number of hydrogen-bond donors (Lipinski definition) is 1. The van der Waals surface area contributed by atoms with Gasteiger partial charge in [-0.25, -0.2) is 0 Å². The number of nitrogens with one attached hydrogen (secondary N) is 1. The molecule has 0 saturated carbocycles. The monoisotopic (exact) mass is 143 g/mol. The van der Waals surface area contributed by atoms with Crippen LogP contribution in [0.15, 0.2) is 0 Å². The van der Waals surface area contributed by atoms with Crippen LogP contribution in [0.3, 0.4) is 0 Å². The molecular weight excluding hydrogens is 133 g/mol. The average molecular weight is 144 g/mol. The Kier molecular flexibility index (Phi) is 4.91. The molecule has 0 atom stereocenters. The second kappa shape index (κ2) is 4.61. The normalized spacial score (nSPS) is 20.6. The first kappa shape index (κ1) is 7.45. The zero-order valence-electron chi connectivity index (χ0n) is 4.35. The molecule has 1 nitrogen and oxygen atoms in total. The first-order valence-corrected chi connectivity index (χ1v) is 2.71. The van der Waals surface area contributed by atoms with Gasteiger partial charge in [0.15, 0.2) is 0 Å². The van der Waals surface area contributed by atoms with Crippen LogP contribution in [0.1, 0.15) is 19.3 Å². The molecule has 0 bridgehead atoms. The minimum Gasteiger partial charge on any atom is -0.317 e. The SMILES string of the molecule is C1CCNCC1.[Ni]. The Bertz CT molecular complexity index is 23.6. The molecule has 0 aliphatic carbocycles. The first-order chi connectivity index (χ1) is 3.00. The van der Waals surface area contributed by atoms with Gasteiger partial charge in [-0.2, -0.15) is 0 Å². The van der Waals surface area contributed by atoms with Crippen molar-refractivity contribution in [2.45, 2.75) is 19.3 Å². The van der Waals surface area contributed by atoms with E-state index >= 15 is 0 Å². The molecule has 1 fully saturated rings. The average Bonchev–Trinajstić information content (AvgIpc) is 1.72. The third kappa shape index (κ3) is 3.07. The van der Waals surface area contributed by atoms with Crippen LogP contribution in [-0.4, -0.2) is 13.1 Å². The molecule has 1 rings (SSSR count). The molecule has 0 spiro atoms. The summed E-state index contributed by atoms with van der Waals surface area (Å²) in [4.78, 5) is 0. The van der Waals surface area contributed by atoms with Gasteiger partial charge in [-0.05, 0) is 25.9 Å². The van der Waals surface area contributed by atoms with Crippen LogP contribution in [0.5, 0.6) is 0 Å². The van der Waals surface area contributed by atoms with E-state index in [-0.39, 0.29) is 16.5 Å². The van der Waals surface area contributed by atoms with Crippen LogP contribution in [0.25, 0.3) is 0 Å². The van der Waals surface area contributed by atoms with Gasteiger partial charge in [-0.15, -0.1) is 0 Å². The molecule has 0 aromatic carbocycles. The van der Waals surface area contributed by atoms with Crippen molar-refractivity contribution >= 4 is 0 Å². The van der Waals surface area contributed by atoms with Crippen molar-refractivity contribution in [1.29, 1.82) is 0 Å². The minimum atomic E-state index is 0. The molecule has 1 heterocycles. The zero-order chi connectivity index (χ0) is 4.24. The maximum absolute atomic E-state index is 3.28. The molecule has 1 saturated heterocycles. The largest absolute Gasteiger partial charge is 0.317 e. The number of piperidine rings is 1. The van der Waals surface area contributed by atoms with Crippen molar-refractivity contribution in [3.63, 3.8) is 0 Å². The van der Waals surface area contributed by atoms with Gasteiger partial charge in [0.2, 0.25) is 0 Å². The first-order valence-electron chi connectivity index (χ1n) is 2.71. The standard InChI is InChI=1S/C5H11N.Ni/c1-2-4-6-5-3-1;/h6H,1-5H2;. The Morgan fingerprint density at radius 1 is 0.857 bits per heavy atom. The minimum absolute atomic E-state index is 0. The fourth-order valence-corrected chi connectivity index (χ4v) is 0.802. The van der Waals surface area contributed by atoms with Crippen LogP contribution >= 0.6 is 0 Å². The molecule has 1 aliphatic rings. The van der Waals surface area contributed by atoms with E-state index in [1.165, 1.54) is 32.4 Å². The molecule has 2 heteroatoms. The van der Waals surface area contributed by atoms with Crippen molar-refractivity contribution in [2.75, 3.05) is 13.1 Å². The van der Waals surface area contributed by atoms with Crippen LogP contribution in [0.4, 0.5) is 0 Å². The molecule has 1 aliphatic heterocycles. The summed E-state index contributed by atoms with van der Waals surface area (Å²) in [5.41, 5.74) is 0. The van der Waals surface area contributed by atoms with E-state index in [1.807, 2.05) is 0 Å². The Hall–Kier alpha value is 0.454. The molecule has 0 amide bonds. The molecule has 0 aromatic heterocycles. The van der Waals surface area contributed by atoms with Crippen molar-refractivity contribution in [3.8, 4) is 0 Å². The van der Waals surface area contributed by atoms with Gasteiger partial charge in [0.1, 0.15) is 0 Å². The van der Waals surface area contributed by atoms with Crippen molar-refractivity contribution in [1.82, 2.24) is 5.32 Å². The van der Waals surface area contributed by atoms with E-state index in [0.717, 1.165) is 0 Å². The van der Waals surface area contributed by atoms with Gasteiger partial charge < -0.3 is 5.32 Å². The molecule has 1 N–H and O–H groups in total. The van der Waals surface area contributed by atoms with Crippen LogP contribution in [-0.2, 0) is 16.5 Å². The Morgan fingerprint density at radius 2 is 1.43 bits per heavy atom. The van der Waals surface area contributed by atoms with E-state index in [4.69, 9.17) is 0 Å². The van der Waals surface area contributed by atoms with Crippen LogP contribution < -0.4 is 5.32 Å². The Balaban J connectivity index is 0.000000360. The number of hydrogen-bond acceptors (Lipinski definition) is 1. The summed E-state index contributed by atoms with van der Waals surface area (Å²) in [6, 6.07) is 0. The quantitative estimate of drug-likeness (QED) is 0.494. The molecule has 0 radical (unpaired) electrons. The molecule has 0 aromatic rings. The summed E-state index contributed by atoms with van der Waals surface area (Å²) in [6.07, 6.45) is 4.22. The third-order valence-electron chi connectivity index (χ3n) is 1.21. The van der Waals surface area contributed by atoms with E-state index in [2.05, 4.69) is 5.32 Å². The van der Waals surface area contributed by atoms with Gasteiger partial charge in [-0.3, -0.25) is 0 Å². The van der Waals surface area contributed by atoms with Gasteiger partial charge in [-0.1, -0.05) is 6.42 Å². The van der Waals surface area contributed by atoms with E-state index in [9.17, 15) is 0 Å². The summed E-state index contributed by atoms with van der Waals surface area (Å²) >= 11 is 0. The van der Waals surface area contributed by atoms with Crippen LogP contribution in [0, 0.1) is 0 Å². The smallest absolute Gasteiger partial charge is 0 e. The Morgan fingerprint density at radius 3 is 1.57 bits per heavy atom. The summed E-state index contributed by atoms with van der Waals surface area (Å²) in [5, 5.41) is 3.28. The van der Waals surface area contributed by atoms with Gasteiger partial charge in [0.05, 0.1) is 0 Å². The summed E-state index contributed by atoms with van der Waals surface area (Å²) in [7, 11) is 0. The van der Waals surface area contributed by atoms with Gasteiger partial charge in [0.25, 0.3) is 0 Å². The maximum atomic E-state index is 3.28. The number of rotatable bonds is 0. The Labute approximate surface area is 54.8 Å². The molecular formula is C5H11NNi. The molecule has 0 unspecified atom stereocenters. The van der Waals surface area contributed by atoms with E-state index in [0.29, 0.717) is 0 Å².